The zero-order valence-electron chi connectivity index (χ0n) is 13.4. The lowest BCUT2D eigenvalue weighted by molar-refractivity contribution is 0.104. The molecule has 0 saturated carbocycles. The molecule has 8 heteroatoms. The van der Waals surface area contributed by atoms with E-state index >= 15 is 0 Å². The third kappa shape index (κ3) is 3.97. The Labute approximate surface area is 156 Å². The number of aryl methyl sites for hydroxylation is 1. The SMILES string of the molecule is Cc1nn([C@@H]2CCS(=O)(=O)C2)c(Cl)c1/C=C/C(=O)c1ccc(Cl)cc1. The molecule has 25 heavy (non-hydrogen) atoms. The van der Waals surface area contributed by atoms with Crippen molar-refractivity contribution in [3.63, 3.8) is 0 Å². The minimum Gasteiger partial charge on any atom is -0.289 e. The number of hydrogen-bond acceptors (Lipinski definition) is 4. The fraction of sp³-hybridized carbons (Fsp3) is 0.294. The van der Waals surface area contributed by atoms with Crippen LogP contribution in [-0.2, 0) is 9.84 Å². The number of rotatable bonds is 4. The normalized spacial score (nSPS) is 19.6. The zero-order valence-corrected chi connectivity index (χ0v) is 15.8. The molecule has 1 aliphatic heterocycles. The van der Waals surface area contributed by atoms with Gasteiger partial charge in [-0.25, -0.2) is 13.1 Å². The average Bonchev–Trinajstić information content (AvgIpc) is 3.05. The molecule has 0 amide bonds. The average molecular weight is 399 g/mol. The molecule has 2 heterocycles. The molecule has 1 aromatic carbocycles. The van der Waals surface area contributed by atoms with Crippen LogP contribution in [0.25, 0.3) is 6.08 Å². The Kier molecular flexibility index (Phi) is 5.04. The van der Waals surface area contributed by atoms with Gasteiger partial charge in [-0.1, -0.05) is 23.2 Å². The maximum atomic E-state index is 12.2. The third-order valence-electron chi connectivity index (χ3n) is 4.16. The Morgan fingerprint density at radius 1 is 1.28 bits per heavy atom. The molecule has 1 atom stereocenters. The Morgan fingerprint density at radius 3 is 2.56 bits per heavy atom. The van der Waals surface area contributed by atoms with E-state index in [-0.39, 0.29) is 23.3 Å². The van der Waals surface area contributed by atoms with Crippen LogP contribution in [0, 0.1) is 6.92 Å². The van der Waals surface area contributed by atoms with Crippen LogP contribution in [0.1, 0.15) is 34.1 Å². The van der Waals surface area contributed by atoms with Gasteiger partial charge in [-0.2, -0.15) is 5.10 Å². The second-order valence-electron chi connectivity index (χ2n) is 6.00. The highest BCUT2D eigenvalue weighted by molar-refractivity contribution is 7.91. The van der Waals surface area contributed by atoms with E-state index in [0.29, 0.717) is 33.4 Å². The van der Waals surface area contributed by atoms with Gasteiger partial charge < -0.3 is 0 Å². The van der Waals surface area contributed by atoms with Crippen LogP contribution < -0.4 is 0 Å². The lowest BCUT2D eigenvalue weighted by atomic mass is 10.1. The number of allylic oxidation sites excluding steroid dienone is 1. The highest BCUT2D eigenvalue weighted by Gasteiger charge is 2.31. The number of nitrogens with zero attached hydrogens (tertiary/aromatic N) is 2. The summed E-state index contributed by atoms with van der Waals surface area (Å²) >= 11 is 12.2. The minimum absolute atomic E-state index is 0.0424. The molecule has 1 aromatic heterocycles. The van der Waals surface area contributed by atoms with E-state index in [4.69, 9.17) is 23.2 Å². The summed E-state index contributed by atoms with van der Waals surface area (Å²) < 4.78 is 24.9. The van der Waals surface area contributed by atoms with Crippen LogP contribution in [-0.4, -0.2) is 35.5 Å². The standard InChI is InChI=1S/C17H16Cl2N2O3S/c1-11-15(6-7-16(22)12-2-4-13(18)5-3-12)17(19)21(20-11)14-8-9-25(23,24)10-14/h2-7,14H,8-10H2,1H3/b7-6+/t14-/m1/s1. The van der Waals surface area contributed by atoms with Gasteiger partial charge in [0.15, 0.2) is 15.6 Å². The number of hydrogen-bond donors (Lipinski definition) is 0. The number of carbonyl (C=O) groups is 1. The van der Waals surface area contributed by atoms with E-state index in [0.717, 1.165) is 0 Å². The van der Waals surface area contributed by atoms with Crippen LogP contribution >= 0.6 is 23.2 Å². The molecule has 0 aliphatic carbocycles. The van der Waals surface area contributed by atoms with Gasteiger partial charge in [0.25, 0.3) is 0 Å². The molecule has 0 spiro atoms. The molecular formula is C17H16Cl2N2O3S. The topological polar surface area (TPSA) is 69.0 Å². The molecule has 0 bridgehead atoms. The second kappa shape index (κ2) is 6.94. The number of benzene rings is 1. The Balaban J connectivity index is 1.83. The largest absolute Gasteiger partial charge is 0.289 e. The summed E-state index contributed by atoms with van der Waals surface area (Å²) in [5.41, 5.74) is 1.78. The zero-order chi connectivity index (χ0) is 18.2. The van der Waals surface area contributed by atoms with Crippen molar-refractivity contribution in [1.82, 2.24) is 9.78 Å². The summed E-state index contributed by atoms with van der Waals surface area (Å²) in [6.45, 7) is 1.78. The van der Waals surface area contributed by atoms with Gasteiger partial charge in [0.2, 0.25) is 0 Å². The van der Waals surface area contributed by atoms with E-state index in [2.05, 4.69) is 5.10 Å². The summed E-state index contributed by atoms with van der Waals surface area (Å²) in [6.07, 6.45) is 3.53. The first kappa shape index (κ1) is 18.2. The number of sulfone groups is 1. The number of halogens is 2. The van der Waals surface area contributed by atoms with Gasteiger partial charge in [0.05, 0.1) is 23.2 Å². The van der Waals surface area contributed by atoms with Gasteiger partial charge in [-0.15, -0.1) is 0 Å². The molecule has 1 aliphatic rings. The molecule has 1 fully saturated rings. The van der Waals surface area contributed by atoms with Crippen molar-refractivity contribution < 1.29 is 13.2 Å². The molecule has 0 unspecified atom stereocenters. The van der Waals surface area contributed by atoms with Crippen LogP contribution in [0.15, 0.2) is 30.3 Å². The maximum absolute atomic E-state index is 12.2. The Hall–Kier alpha value is -1.63. The second-order valence-corrected chi connectivity index (χ2v) is 9.02. The van der Waals surface area contributed by atoms with E-state index in [9.17, 15) is 13.2 Å². The lowest BCUT2D eigenvalue weighted by Crippen LogP contribution is -2.12. The number of carbonyl (C=O) groups excluding carboxylic acids is 1. The molecule has 132 valence electrons. The Morgan fingerprint density at radius 2 is 1.96 bits per heavy atom. The molecule has 1 saturated heterocycles. The van der Waals surface area contributed by atoms with Crippen molar-refractivity contribution in [1.29, 1.82) is 0 Å². The summed E-state index contributed by atoms with van der Waals surface area (Å²) in [5, 5.41) is 5.27. The van der Waals surface area contributed by atoms with E-state index in [1.807, 2.05) is 0 Å². The Bertz CT molecular complexity index is 947. The van der Waals surface area contributed by atoms with Crippen molar-refractivity contribution in [3.8, 4) is 0 Å². The fourth-order valence-electron chi connectivity index (χ4n) is 2.80. The maximum Gasteiger partial charge on any atom is 0.185 e. The van der Waals surface area contributed by atoms with Gasteiger partial charge in [-0.3, -0.25) is 4.79 Å². The number of ketones is 1. The fourth-order valence-corrected chi connectivity index (χ4v) is 4.99. The van der Waals surface area contributed by atoms with Gasteiger partial charge in [-0.05, 0) is 49.8 Å². The van der Waals surface area contributed by atoms with Crippen molar-refractivity contribution in [2.24, 2.45) is 0 Å². The molecular weight excluding hydrogens is 383 g/mol. The number of aromatic nitrogens is 2. The summed E-state index contributed by atoms with van der Waals surface area (Å²) in [4.78, 5) is 12.2. The van der Waals surface area contributed by atoms with Crippen LogP contribution in [0.4, 0.5) is 0 Å². The monoisotopic (exact) mass is 398 g/mol. The summed E-state index contributed by atoms with van der Waals surface area (Å²) in [5.74, 6) is 0.0108. The summed E-state index contributed by atoms with van der Waals surface area (Å²) in [7, 11) is -3.03. The first-order chi connectivity index (χ1) is 11.8. The third-order valence-corrected chi connectivity index (χ3v) is 6.53. The quantitative estimate of drug-likeness (QED) is 0.580. The first-order valence-electron chi connectivity index (χ1n) is 7.70. The molecule has 3 rings (SSSR count). The highest BCUT2D eigenvalue weighted by atomic mass is 35.5. The van der Waals surface area contributed by atoms with Gasteiger partial charge in [0, 0.05) is 16.1 Å². The predicted molar refractivity (Wildman–Crippen MR) is 99.1 cm³/mol. The predicted octanol–water partition coefficient (Wildman–Crippen LogP) is 3.75. The van der Waals surface area contributed by atoms with Crippen molar-refractivity contribution in [2.45, 2.75) is 19.4 Å². The lowest BCUT2D eigenvalue weighted by Gasteiger charge is -2.09. The van der Waals surface area contributed by atoms with Crippen LogP contribution in [0.2, 0.25) is 10.2 Å². The van der Waals surface area contributed by atoms with Crippen LogP contribution in [0.3, 0.4) is 0 Å². The summed E-state index contributed by atoms with van der Waals surface area (Å²) in [6, 6.07) is 6.34. The molecule has 0 radical (unpaired) electrons. The van der Waals surface area contributed by atoms with Gasteiger partial charge in [0.1, 0.15) is 5.15 Å². The van der Waals surface area contributed by atoms with E-state index < -0.39 is 9.84 Å². The van der Waals surface area contributed by atoms with Gasteiger partial charge >= 0.3 is 0 Å². The first-order valence-corrected chi connectivity index (χ1v) is 10.3. The van der Waals surface area contributed by atoms with Crippen molar-refractivity contribution >= 4 is 44.9 Å². The smallest absolute Gasteiger partial charge is 0.185 e. The highest BCUT2D eigenvalue weighted by Crippen LogP contribution is 2.30. The molecule has 5 nitrogen and oxygen atoms in total. The molecule has 2 aromatic rings. The van der Waals surface area contributed by atoms with Crippen molar-refractivity contribution in [3.05, 3.63) is 57.3 Å². The molecule has 0 N–H and O–H groups in total. The van der Waals surface area contributed by atoms with E-state index in [1.54, 1.807) is 41.9 Å². The van der Waals surface area contributed by atoms with Crippen molar-refractivity contribution in [2.75, 3.05) is 11.5 Å². The van der Waals surface area contributed by atoms with E-state index in [1.165, 1.54) is 6.08 Å². The minimum atomic E-state index is -3.03. The van der Waals surface area contributed by atoms with Crippen LogP contribution in [0.5, 0.6) is 0 Å².